The van der Waals surface area contributed by atoms with Crippen LogP contribution >= 0.6 is 0 Å². The van der Waals surface area contributed by atoms with Crippen LogP contribution < -0.4 is 5.32 Å². The number of rotatable bonds is 5. The Hall–Kier alpha value is -1.16. The third kappa shape index (κ3) is 4.25. The van der Waals surface area contributed by atoms with E-state index in [0.717, 1.165) is 24.6 Å². The molecule has 0 saturated carbocycles. The molecule has 1 aromatic rings. The zero-order chi connectivity index (χ0) is 11.3. The predicted molar refractivity (Wildman–Crippen MR) is 62.8 cm³/mol. The Balaban J connectivity index is 2.49. The molecule has 0 aliphatic heterocycles. The highest BCUT2D eigenvalue weighted by molar-refractivity contribution is 5.29. The van der Waals surface area contributed by atoms with E-state index in [2.05, 4.69) is 41.1 Å². The maximum atomic E-state index is 4.33. The van der Waals surface area contributed by atoms with Gasteiger partial charge in [0.1, 0.15) is 5.82 Å². The largest absolute Gasteiger partial charge is 0.372 e. The van der Waals surface area contributed by atoms with Gasteiger partial charge in [0, 0.05) is 20.1 Å². The summed E-state index contributed by atoms with van der Waals surface area (Å²) in [5, 5.41) is 2.95. The van der Waals surface area contributed by atoms with Gasteiger partial charge in [0.25, 0.3) is 0 Å². The number of anilines is 1. The molecule has 0 aromatic carbocycles. The fourth-order valence-corrected chi connectivity index (χ4v) is 1.53. The second-order valence-electron chi connectivity index (χ2n) is 4.23. The Morgan fingerprint density at radius 2 is 2.07 bits per heavy atom. The highest BCUT2D eigenvalue weighted by Gasteiger charge is 2.04. The topological polar surface area (TPSA) is 41.1 Å². The van der Waals surface area contributed by atoms with Crippen molar-refractivity contribution in [3.8, 4) is 0 Å². The molecule has 0 unspecified atom stereocenters. The number of nitrogens with one attached hydrogen (secondary N) is 1. The Kier molecular flexibility index (Phi) is 4.49. The molecule has 1 heterocycles. The van der Waals surface area contributed by atoms with Crippen LogP contribution in [-0.4, -0.2) is 35.5 Å². The van der Waals surface area contributed by atoms with Crippen molar-refractivity contribution in [3.05, 3.63) is 18.1 Å². The van der Waals surface area contributed by atoms with Gasteiger partial charge in [-0.25, -0.2) is 4.98 Å². The van der Waals surface area contributed by atoms with Crippen LogP contribution in [0, 0.1) is 5.92 Å². The molecule has 0 atom stereocenters. The van der Waals surface area contributed by atoms with Gasteiger partial charge >= 0.3 is 0 Å². The fraction of sp³-hybridized carbons (Fsp3) is 0.636. The minimum absolute atomic E-state index is 0.680. The smallest absolute Gasteiger partial charge is 0.144 e. The predicted octanol–water partition coefficient (Wildman–Crippen LogP) is 1.61. The van der Waals surface area contributed by atoms with Gasteiger partial charge in [-0.3, -0.25) is 4.98 Å². The van der Waals surface area contributed by atoms with Crippen molar-refractivity contribution in [1.29, 1.82) is 0 Å². The number of hydrogen-bond donors (Lipinski definition) is 1. The molecule has 0 aliphatic carbocycles. The normalized spacial score (nSPS) is 11.1. The van der Waals surface area contributed by atoms with E-state index in [-0.39, 0.29) is 0 Å². The molecule has 0 radical (unpaired) electrons. The molecule has 84 valence electrons. The fourth-order valence-electron chi connectivity index (χ4n) is 1.53. The summed E-state index contributed by atoms with van der Waals surface area (Å²) in [4.78, 5) is 10.8. The maximum absolute atomic E-state index is 4.33. The van der Waals surface area contributed by atoms with Crippen molar-refractivity contribution >= 4 is 5.82 Å². The molecule has 4 nitrogen and oxygen atoms in total. The summed E-state index contributed by atoms with van der Waals surface area (Å²) >= 11 is 0. The Morgan fingerprint density at radius 1 is 1.33 bits per heavy atom. The third-order valence-corrected chi connectivity index (χ3v) is 2.07. The average Bonchev–Trinajstić information content (AvgIpc) is 2.17. The molecular weight excluding hydrogens is 188 g/mol. The molecule has 1 aromatic heterocycles. The van der Waals surface area contributed by atoms with Gasteiger partial charge in [-0.1, -0.05) is 13.8 Å². The second-order valence-corrected chi connectivity index (χ2v) is 4.23. The molecule has 4 heteroatoms. The first kappa shape index (κ1) is 11.9. The summed E-state index contributed by atoms with van der Waals surface area (Å²) < 4.78 is 0. The summed E-state index contributed by atoms with van der Waals surface area (Å²) in [6, 6.07) is 0. The summed E-state index contributed by atoms with van der Waals surface area (Å²) in [5.41, 5.74) is 1.01. The van der Waals surface area contributed by atoms with Crippen molar-refractivity contribution in [2.75, 3.05) is 26.0 Å². The highest BCUT2D eigenvalue weighted by atomic mass is 15.1. The number of aromatic nitrogens is 2. The van der Waals surface area contributed by atoms with Gasteiger partial charge in [0.05, 0.1) is 18.1 Å². The number of nitrogens with zero attached hydrogens (tertiary/aromatic N) is 3. The summed E-state index contributed by atoms with van der Waals surface area (Å²) in [6.45, 7) is 6.36. The standard InChI is InChI=1S/C11H20N4/c1-9(2)7-15(4)8-10-5-14-11(12-3)6-13-10/h5-6,9H,7-8H2,1-4H3,(H,12,14). The first-order valence-corrected chi connectivity index (χ1v) is 5.29. The van der Waals surface area contributed by atoms with Crippen LogP contribution in [0.3, 0.4) is 0 Å². The third-order valence-electron chi connectivity index (χ3n) is 2.07. The number of hydrogen-bond acceptors (Lipinski definition) is 4. The van der Waals surface area contributed by atoms with Gasteiger partial charge in [-0.05, 0) is 13.0 Å². The zero-order valence-corrected chi connectivity index (χ0v) is 9.99. The van der Waals surface area contributed by atoms with E-state index in [4.69, 9.17) is 0 Å². The lowest BCUT2D eigenvalue weighted by atomic mass is 10.2. The van der Waals surface area contributed by atoms with Crippen LogP contribution in [0.4, 0.5) is 5.82 Å². The van der Waals surface area contributed by atoms with E-state index >= 15 is 0 Å². The van der Waals surface area contributed by atoms with Crippen LogP contribution in [-0.2, 0) is 6.54 Å². The van der Waals surface area contributed by atoms with Crippen LogP contribution in [0.15, 0.2) is 12.4 Å². The average molecular weight is 208 g/mol. The van der Waals surface area contributed by atoms with Gasteiger partial charge in [0.15, 0.2) is 0 Å². The van der Waals surface area contributed by atoms with E-state index in [1.54, 1.807) is 6.20 Å². The molecule has 1 N–H and O–H groups in total. The van der Waals surface area contributed by atoms with E-state index in [0.29, 0.717) is 5.92 Å². The molecule has 15 heavy (non-hydrogen) atoms. The summed E-state index contributed by atoms with van der Waals surface area (Å²) in [5.74, 6) is 1.49. The minimum Gasteiger partial charge on any atom is -0.372 e. The molecule has 0 saturated heterocycles. The lowest BCUT2D eigenvalue weighted by molar-refractivity contribution is 0.285. The van der Waals surface area contributed by atoms with Gasteiger partial charge < -0.3 is 10.2 Å². The summed E-state index contributed by atoms with van der Waals surface area (Å²) in [7, 11) is 3.95. The van der Waals surface area contributed by atoms with E-state index < -0.39 is 0 Å². The van der Waals surface area contributed by atoms with Gasteiger partial charge in [0.2, 0.25) is 0 Å². The van der Waals surface area contributed by atoms with Crippen molar-refractivity contribution in [2.24, 2.45) is 5.92 Å². The maximum Gasteiger partial charge on any atom is 0.144 e. The molecule has 0 spiro atoms. The quantitative estimate of drug-likeness (QED) is 0.798. The molecule has 1 rings (SSSR count). The van der Waals surface area contributed by atoms with Crippen molar-refractivity contribution in [2.45, 2.75) is 20.4 Å². The first-order chi connectivity index (χ1) is 7.11. The highest BCUT2D eigenvalue weighted by Crippen LogP contribution is 2.04. The van der Waals surface area contributed by atoms with E-state index in [1.165, 1.54) is 0 Å². The van der Waals surface area contributed by atoms with Gasteiger partial charge in [-0.15, -0.1) is 0 Å². The first-order valence-electron chi connectivity index (χ1n) is 5.29. The van der Waals surface area contributed by atoms with Crippen LogP contribution in [0.5, 0.6) is 0 Å². The Morgan fingerprint density at radius 3 is 2.53 bits per heavy atom. The van der Waals surface area contributed by atoms with E-state index in [9.17, 15) is 0 Å². The molecule has 0 bridgehead atoms. The van der Waals surface area contributed by atoms with Gasteiger partial charge in [-0.2, -0.15) is 0 Å². The van der Waals surface area contributed by atoms with Crippen molar-refractivity contribution in [1.82, 2.24) is 14.9 Å². The van der Waals surface area contributed by atoms with Crippen molar-refractivity contribution in [3.63, 3.8) is 0 Å². The lowest BCUT2D eigenvalue weighted by Gasteiger charge is -2.18. The van der Waals surface area contributed by atoms with Crippen LogP contribution in [0.1, 0.15) is 19.5 Å². The summed E-state index contributed by atoms with van der Waals surface area (Å²) in [6.07, 6.45) is 3.58. The molecule has 0 aliphatic rings. The SMILES string of the molecule is CNc1cnc(CN(C)CC(C)C)cn1. The molecular formula is C11H20N4. The Labute approximate surface area is 91.7 Å². The monoisotopic (exact) mass is 208 g/mol. The van der Waals surface area contributed by atoms with Crippen LogP contribution in [0.25, 0.3) is 0 Å². The van der Waals surface area contributed by atoms with E-state index in [1.807, 2.05) is 13.2 Å². The van der Waals surface area contributed by atoms with Crippen molar-refractivity contribution < 1.29 is 0 Å². The lowest BCUT2D eigenvalue weighted by Crippen LogP contribution is -2.23. The Bertz CT molecular complexity index is 281. The zero-order valence-electron chi connectivity index (χ0n) is 9.99. The molecule has 0 amide bonds. The minimum atomic E-state index is 0.680. The molecule has 0 fully saturated rings. The van der Waals surface area contributed by atoms with Crippen LogP contribution in [0.2, 0.25) is 0 Å². The second kappa shape index (κ2) is 5.66.